The van der Waals surface area contributed by atoms with Gasteiger partial charge in [-0.2, -0.15) is 0 Å². The maximum atomic E-state index is 13.1. The van der Waals surface area contributed by atoms with Gasteiger partial charge < -0.3 is 9.47 Å². The van der Waals surface area contributed by atoms with Crippen molar-refractivity contribution in [3.05, 3.63) is 58.1 Å². The van der Waals surface area contributed by atoms with Crippen molar-refractivity contribution < 1.29 is 19.1 Å². The molecule has 2 aliphatic rings. The van der Waals surface area contributed by atoms with E-state index in [0.717, 1.165) is 12.0 Å². The van der Waals surface area contributed by atoms with Gasteiger partial charge in [-0.15, -0.1) is 0 Å². The van der Waals surface area contributed by atoms with E-state index in [0.29, 0.717) is 27.8 Å². The van der Waals surface area contributed by atoms with E-state index in [-0.39, 0.29) is 17.5 Å². The van der Waals surface area contributed by atoms with Crippen LogP contribution in [0.2, 0.25) is 5.02 Å². The average molecular weight is 415 g/mol. The molecule has 6 nitrogen and oxygen atoms in total. The summed E-state index contributed by atoms with van der Waals surface area (Å²) in [5.74, 6) is -0.0790. The minimum atomic E-state index is -0.579. The number of aryl methyl sites for hydroxylation is 1. The van der Waals surface area contributed by atoms with Crippen molar-refractivity contribution in [1.29, 1.82) is 0 Å². The van der Waals surface area contributed by atoms with Gasteiger partial charge in [-0.25, -0.2) is 0 Å². The number of nitrogens with one attached hydrogen (secondary N) is 1. The highest BCUT2D eigenvalue weighted by molar-refractivity contribution is 7.80. The third-order valence-electron chi connectivity index (χ3n) is 4.50. The number of rotatable bonds is 3. The summed E-state index contributed by atoms with van der Waals surface area (Å²) in [6.45, 7) is 2.14. The van der Waals surface area contributed by atoms with Crippen LogP contribution in [-0.2, 0) is 16.0 Å². The van der Waals surface area contributed by atoms with Crippen LogP contribution in [0.15, 0.2) is 42.0 Å². The van der Waals surface area contributed by atoms with Gasteiger partial charge >= 0.3 is 0 Å². The maximum absolute atomic E-state index is 13.1. The molecule has 2 aliphatic heterocycles. The fourth-order valence-electron chi connectivity index (χ4n) is 2.97. The highest BCUT2D eigenvalue weighted by atomic mass is 35.5. The predicted octanol–water partition coefficient (Wildman–Crippen LogP) is 3.46. The van der Waals surface area contributed by atoms with Gasteiger partial charge in [0.2, 0.25) is 6.79 Å². The molecule has 1 N–H and O–H groups in total. The van der Waals surface area contributed by atoms with Crippen LogP contribution >= 0.6 is 23.8 Å². The molecule has 28 heavy (non-hydrogen) atoms. The van der Waals surface area contributed by atoms with Gasteiger partial charge in [-0.1, -0.05) is 30.7 Å². The lowest BCUT2D eigenvalue weighted by Gasteiger charge is -2.29. The van der Waals surface area contributed by atoms with E-state index in [9.17, 15) is 9.59 Å². The van der Waals surface area contributed by atoms with Crippen LogP contribution in [0.25, 0.3) is 6.08 Å². The third-order valence-corrected chi connectivity index (χ3v) is 5.11. The lowest BCUT2D eigenvalue weighted by molar-refractivity contribution is -0.122. The van der Waals surface area contributed by atoms with Gasteiger partial charge in [-0.05, 0) is 54.0 Å². The van der Waals surface area contributed by atoms with Crippen LogP contribution in [0, 0.1) is 0 Å². The Labute approximate surface area is 171 Å². The molecule has 142 valence electrons. The molecule has 0 saturated carbocycles. The second kappa shape index (κ2) is 7.26. The average Bonchev–Trinajstić information content (AvgIpc) is 3.12. The zero-order chi connectivity index (χ0) is 19.8. The lowest BCUT2D eigenvalue weighted by Crippen LogP contribution is -2.54. The fraction of sp³-hybridized carbons (Fsp3) is 0.150. The molecule has 2 heterocycles. The Bertz CT molecular complexity index is 1030. The van der Waals surface area contributed by atoms with Gasteiger partial charge in [0, 0.05) is 6.07 Å². The number of hydrogen-bond donors (Lipinski definition) is 1. The van der Waals surface area contributed by atoms with Crippen molar-refractivity contribution in [2.75, 3.05) is 11.7 Å². The molecule has 0 bridgehead atoms. The van der Waals surface area contributed by atoms with E-state index in [4.69, 9.17) is 33.3 Å². The Hall–Kier alpha value is -2.90. The van der Waals surface area contributed by atoms with E-state index in [1.165, 1.54) is 11.0 Å². The summed E-state index contributed by atoms with van der Waals surface area (Å²) in [6, 6.07) is 10.6. The van der Waals surface area contributed by atoms with Gasteiger partial charge in [-0.3, -0.25) is 19.8 Å². The molecule has 0 atom stereocenters. The molecule has 0 spiro atoms. The molecular formula is C20H15ClN2O4S. The first kappa shape index (κ1) is 18.5. The quantitative estimate of drug-likeness (QED) is 0.473. The van der Waals surface area contributed by atoms with Crippen molar-refractivity contribution in [2.45, 2.75) is 13.3 Å². The number of ether oxygens (including phenoxy) is 2. The summed E-state index contributed by atoms with van der Waals surface area (Å²) in [6.07, 6.45) is 2.31. The summed E-state index contributed by atoms with van der Waals surface area (Å²) < 4.78 is 10.6. The van der Waals surface area contributed by atoms with E-state index in [1.54, 1.807) is 24.3 Å². The number of halogens is 1. The number of benzene rings is 2. The van der Waals surface area contributed by atoms with Crippen molar-refractivity contribution in [1.82, 2.24) is 5.32 Å². The fourth-order valence-corrected chi connectivity index (χ4v) is 3.46. The number of hydrogen-bond acceptors (Lipinski definition) is 5. The SMILES string of the molecule is CCc1ccc(N2C(=O)/C(=C/c3cc4c(cc3Cl)OCO4)C(=O)NC2=S)cc1. The highest BCUT2D eigenvalue weighted by Gasteiger charge is 2.34. The standard InChI is InChI=1S/C20H15ClN2O4S/c1-2-11-3-5-13(6-4-11)23-19(25)14(18(24)22-20(23)28)7-12-8-16-17(9-15(12)21)27-10-26-16/h3-9H,2,10H2,1H3,(H,22,24,28)/b14-7+. The highest BCUT2D eigenvalue weighted by Crippen LogP contribution is 2.38. The Morgan fingerprint density at radius 3 is 2.54 bits per heavy atom. The van der Waals surface area contributed by atoms with Gasteiger partial charge in [0.15, 0.2) is 16.6 Å². The molecule has 2 amide bonds. The number of amides is 2. The predicted molar refractivity (Wildman–Crippen MR) is 110 cm³/mol. The Kier molecular flexibility index (Phi) is 4.78. The molecule has 0 unspecified atom stereocenters. The number of nitrogens with zero attached hydrogens (tertiary/aromatic N) is 1. The van der Waals surface area contributed by atoms with E-state index < -0.39 is 11.8 Å². The smallest absolute Gasteiger partial charge is 0.270 e. The molecule has 0 aliphatic carbocycles. The molecule has 0 radical (unpaired) electrons. The minimum absolute atomic E-state index is 0.0354. The molecule has 0 aromatic heterocycles. The van der Waals surface area contributed by atoms with E-state index >= 15 is 0 Å². The Morgan fingerprint density at radius 2 is 1.86 bits per heavy atom. The number of carbonyl (C=O) groups is 2. The first-order valence-electron chi connectivity index (χ1n) is 8.57. The summed E-state index contributed by atoms with van der Waals surface area (Å²) in [5.41, 5.74) is 2.11. The molecule has 2 aromatic rings. The maximum Gasteiger partial charge on any atom is 0.270 e. The van der Waals surface area contributed by atoms with Gasteiger partial charge in [0.1, 0.15) is 5.57 Å². The Morgan fingerprint density at radius 1 is 1.18 bits per heavy atom. The lowest BCUT2D eigenvalue weighted by atomic mass is 10.1. The van der Waals surface area contributed by atoms with Crippen LogP contribution in [-0.4, -0.2) is 23.7 Å². The molecular weight excluding hydrogens is 400 g/mol. The normalized spacial score (nSPS) is 17.3. The van der Waals surface area contributed by atoms with Crippen LogP contribution in [0.3, 0.4) is 0 Å². The molecule has 2 aromatic carbocycles. The summed E-state index contributed by atoms with van der Waals surface area (Å²) >= 11 is 11.5. The summed E-state index contributed by atoms with van der Waals surface area (Å²) in [7, 11) is 0. The van der Waals surface area contributed by atoms with E-state index in [1.807, 2.05) is 19.1 Å². The minimum Gasteiger partial charge on any atom is -0.454 e. The number of anilines is 1. The second-order valence-corrected chi connectivity index (χ2v) is 7.00. The third kappa shape index (κ3) is 3.23. The van der Waals surface area contributed by atoms with E-state index in [2.05, 4.69) is 5.32 Å². The largest absolute Gasteiger partial charge is 0.454 e. The van der Waals surface area contributed by atoms with Crippen molar-refractivity contribution in [3.63, 3.8) is 0 Å². The van der Waals surface area contributed by atoms with Crippen molar-refractivity contribution >= 4 is 52.5 Å². The first-order chi connectivity index (χ1) is 13.5. The monoisotopic (exact) mass is 414 g/mol. The molecule has 8 heteroatoms. The van der Waals surface area contributed by atoms with Crippen LogP contribution in [0.4, 0.5) is 5.69 Å². The molecule has 1 saturated heterocycles. The van der Waals surface area contributed by atoms with Crippen LogP contribution in [0.5, 0.6) is 11.5 Å². The summed E-state index contributed by atoms with van der Waals surface area (Å²) in [4.78, 5) is 26.8. The number of fused-ring (bicyclic) bond motifs is 1. The molecule has 4 rings (SSSR count). The summed E-state index contributed by atoms with van der Waals surface area (Å²) in [5, 5.41) is 2.93. The van der Waals surface area contributed by atoms with Crippen LogP contribution < -0.4 is 19.7 Å². The van der Waals surface area contributed by atoms with Gasteiger partial charge in [0.25, 0.3) is 11.8 Å². The zero-order valence-electron chi connectivity index (χ0n) is 14.8. The first-order valence-corrected chi connectivity index (χ1v) is 9.36. The number of carbonyl (C=O) groups excluding carboxylic acids is 2. The Balaban J connectivity index is 1.72. The zero-order valence-corrected chi connectivity index (χ0v) is 16.4. The second-order valence-electron chi connectivity index (χ2n) is 6.20. The van der Waals surface area contributed by atoms with Crippen molar-refractivity contribution in [3.8, 4) is 11.5 Å². The van der Waals surface area contributed by atoms with Crippen molar-refractivity contribution in [2.24, 2.45) is 0 Å². The molecule has 1 fully saturated rings. The van der Waals surface area contributed by atoms with Crippen LogP contribution in [0.1, 0.15) is 18.1 Å². The topological polar surface area (TPSA) is 67.9 Å². The number of thiocarbonyl (C=S) groups is 1. The van der Waals surface area contributed by atoms with Gasteiger partial charge in [0.05, 0.1) is 10.7 Å².